The normalized spacial score (nSPS) is 13.8. The Morgan fingerprint density at radius 2 is 1.95 bits per heavy atom. The molecule has 4 nitrogen and oxygen atoms in total. The Hall–Kier alpha value is -0.870. The summed E-state index contributed by atoms with van der Waals surface area (Å²) in [6.07, 6.45) is 1.22. The number of nitrogens with zero attached hydrogens (tertiary/aromatic N) is 2. The lowest BCUT2D eigenvalue weighted by Gasteiger charge is -2.20. The Kier molecular flexibility index (Phi) is 5.56. The molecule has 0 fully saturated rings. The molecule has 1 heterocycles. The van der Waals surface area contributed by atoms with Gasteiger partial charge in [-0.2, -0.15) is 5.10 Å². The molecule has 1 rings (SSSR count). The summed E-state index contributed by atoms with van der Waals surface area (Å²) in [5.74, 6) is 0. The van der Waals surface area contributed by atoms with E-state index in [0.717, 1.165) is 25.2 Å². The Morgan fingerprint density at radius 1 is 1.32 bits per heavy atom. The molecule has 0 aliphatic rings. The molecule has 0 amide bonds. The summed E-state index contributed by atoms with van der Waals surface area (Å²) in [6.45, 7) is 14.7. The predicted octanol–water partition coefficient (Wildman–Crippen LogP) is 2.47. The third kappa shape index (κ3) is 4.96. The van der Waals surface area contributed by atoms with Crippen molar-refractivity contribution in [3.8, 4) is 0 Å². The maximum Gasteiger partial charge on any atom is 0.0739 e. The van der Waals surface area contributed by atoms with Crippen molar-refractivity contribution in [1.82, 2.24) is 15.1 Å². The molecule has 0 aliphatic heterocycles. The van der Waals surface area contributed by atoms with E-state index in [1.165, 1.54) is 11.3 Å². The molecule has 4 heteroatoms. The average Bonchev–Trinajstić information content (AvgIpc) is 2.55. The second-order valence-electron chi connectivity index (χ2n) is 6.30. The molecule has 0 bridgehead atoms. The SMILES string of the molecule is COC(C)Cn1nc(C)c(CCNC(C)(C)C)c1C. The fraction of sp³-hybridized carbons (Fsp3) is 0.800. The second-order valence-corrected chi connectivity index (χ2v) is 6.30. The van der Waals surface area contributed by atoms with Gasteiger partial charge in [0.05, 0.1) is 18.3 Å². The zero-order valence-corrected chi connectivity index (χ0v) is 13.5. The zero-order chi connectivity index (χ0) is 14.6. The molecule has 1 aromatic heterocycles. The molecule has 1 N–H and O–H groups in total. The van der Waals surface area contributed by atoms with Crippen molar-refractivity contribution in [3.05, 3.63) is 17.0 Å². The van der Waals surface area contributed by atoms with Crippen LogP contribution in [-0.4, -0.2) is 35.1 Å². The van der Waals surface area contributed by atoms with E-state index in [2.05, 4.69) is 56.6 Å². The van der Waals surface area contributed by atoms with Gasteiger partial charge in [0.2, 0.25) is 0 Å². The summed E-state index contributed by atoms with van der Waals surface area (Å²) < 4.78 is 7.38. The molecule has 0 aliphatic carbocycles. The van der Waals surface area contributed by atoms with E-state index in [4.69, 9.17) is 4.74 Å². The number of hydrogen-bond acceptors (Lipinski definition) is 3. The van der Waals surface area contributed by atoms with Crippen LogP contribution >= 0.6 is 0 Å². The van der Waals surface area contributed by atoms with E-state index in [-0.39, 0.29) is 11.6 Å². The second kappa shape index (κ2) is 6.53. The van der Waals surface area contributed by atoms with Crippen molar-refractivity contribution in [2.24, 2.45) is 0 Å². The van der Waals surface area contributed by atoms with Gasteiger partial charge in [-0.1, -0.05) is 0 Å². The van der Waals surface area contributed by atoms with Crippen molar-refractivity contribution >= 4 is 0 Å². The van der Waals surface area contributed by atoms with Gasteiger partial charge in [-0.15, -0.1) is 0 Å². The van der Waals surface area contributed by atoms with E-state index >= 15 is 0 Å². The maximum absolute atomic E-state index is 5.31. The van der Waals surface area contributed by atoms with Crippen molar-refractivity contribution in [2.75, 3.05) is 13.7 Å². The van der Waals surface area contributed by atoms with Crippen LogP contribution in [0.1, 0.15) is 44.6 Å². The lowest BCUT2D eigenvalue weighted by Crippen LogP contribution is -2.37. The first-order valence-corrected chi connectivity index (χ1v) is 7.05. The van der Waals surface area contributed by atoms with Crippen LogP contribution in [0.3, 0.4) is 0 Å². The molecule has 0 radical (unpaired) electrons. The number of aromatic nitrogens is 2. The largest absolute Gasteiger partial charge is 0.380 e. The van der Waals surface area contributed by atoms with Crippen LogP contribution in [0.2, 0.25) is 0 Å². The van der Waals surface area contributed by atoms with Crippen LogP contribution in [0.4, 0.5) is 0 Å². The van der Waals surface area contributed by atoms with Gasteiger partial charge in [0.1, 0.15) is 0 Å². The van der Waals surface area contributed by atoms with Crippen LogP contribution in [0.5, 0.6) is 0 Å². The summed E-state index contributed by atoms with van der Waals surface area (Å²) in [5.41, 5.74) is 3.93. The van der Waals surface area contributed by atoms with Gasteiger partial charge in [-0.3, -0.25) is 4.68 Å². The number of nitrogens with one attached hydrogen (secondary N) is 1. The monoisotopic (exact) mass is 267 g/mol. The van der Waals surface area contributed by atoms with Crippen LogP contribution < -0.4 is 5.32 Å². The van der Waals surface area contributed by atoms with Gasteiger partial charge in [-0.05, 0) is 60.1 Å². The summed E-state index contributed by atoms with van der Waals surface area (Å²) in [6, 6.07) is 0. The molecule has 1 atom stereocenters. The Morgan fingerprint density at radius 3 is 2.47 bits per heavy atom. The molecule has 0 aromatic carbocycles. The first-order chi connectivity index (χ1) is 8.74. The van der Waals surface area contributed by atoms with Crippen molar-refractivity contribution in [2.45, 2.75) is 66.2 Å². The minimum Gasteiger partial charge on any atom is -0.380 e. The Bertz CT molecular complexity index is 404. The highest BCUT2D eigenvalue weighted by Gasteiger charge is 2.14. The molecule has 0 saturated carbocycles. The topological polar surface area (TPSA) is 39.1 Å². The summed E-state index contributed by atoms with van der Waals surface area (Å²) in [7, 11) is 1.74. The highest BCUT2D eigenvalue weighted by atomic mass is 16.5. The average molecular weight is 267 g/mol. The third-order valence-corrected chi connectivity index (χ3v) is 3.39. The highest BCUT2D eigenvalue weighted by molar-refractivity contribution is 5.25. The molecule has 0 saturated heterocycles. The molecule has 1 aromatic rings. The summed E-state index contributed by atoms with van der Waals surface area (Å²) >= 11 is 0. The van der Waals surface area contributed by atoms with E-state index in [1.807, 2.05) is 0 Å². The Labute approximate surface area is 117 Å². The first-order valence-electron chi connectivity index (χ1n) is 7.05. The molecular formula is C15H29N3O. The van der Waals surface area contributed by atoms with Crippen LogP contribution in [0, 0.1) is 13.8 Å². The zero-order valence-electron chi connectivity index (χ0n) is 13.5. The van der Waals surface area contributed by atoms with E-state index < -0.39 is 0 Å². The van der Waals surface area contributed by atoms with E-state index in [1.54, 1.807) is 7.11 Å². The minimum absolute atomic E-state index is 0.169. The minimum atomic E-state index is 0.169. The van der Waals surface area contributed by atoms with Gasteiger partial charge in [-0.25, -0.2) is 0 Å². The molecule has 1 unspecified atom stereocenters. The molecule has 110 valence electrons. The fourth-order valence-electron chi connectivity index (χ4n) is 2.15. The molecular weight excluding hydrogens is 238 g/mol. The lowest BCUT2D eigenvalue weighted by atomic mass is 10.1. The van der Waals surface area contributed by atoms with E-state index in [9.17, 15) is 0 Å². The van der Waals surface area contributed by atoms with Gasteiger partial charge in [0.25, 0.3) is 0 Å². The number of aryl methyl sites for hydroxylation is 1. The van der Waals surface area contributed by atoms with Gasteiger partial charge in [0.15, 0.2) is 0 Å². The number of ether oxygens (including phenoxy) is 1. The predicted molar refractivity (Wildman–Crippen MR) is 79.6 cm³/mol. The van der Waals surface area contributed by atoms with Crippen LogP contribution in [0.15, 0.2) is 0 Å². The maximum atomic E-state index is 5.31. The van der Waals surface area contributed by atoms with Crippen molar-refractivity contribution in [3.63, 3.8) is 0 Å². The first kappa shape index (κ1) is 16.2. The van der Waals surface area contributed by atoms with Gasteiger partial charge >= 0.3 is 0 Å². The number of rotatable bonds is 6. The standard InChI is InChI=1S/C15H29N3O/c1-11(19-7)10-18-13(3)14(12(2)17-18)8-9-16-15(4,5)6/h11,16H,8-10H2,1-7H3. The highest BCUT2D eigenvalue weighted by Crippen LogP contribution is 2.14. The van der Waals surface area contributed by atoms with Crippen LogP contribution in [-0.2, 0) is 17.7 Å². The number of methoxy groups -OCH3 is 1. The molecule has 0 spiro atoms. The summed E-state index contributed by atoms with van der Waals surface area (Å²) in [4.78, 5) is 0. The van der Waals surface area contributed by atoms with Crippen LogP contribution in [0.25, 0.3) is 0 Å². The smallest absolute Gasteiger partial charge is 0.0739 e. The summed E-state index contributed by atoms with van der Waals surface area (Å²) in [5, 5.41) is 8.15. The van der Waals surface area contributed by atoms with Crippen molar-refractivity contribution < 1.29 is 4.74 Å². The lowest BCUT2D eigenvalue weighted by molar-refractivity contribution is 0.0991. The Balaban J connectivity index is 2.69. The van der Waals surface area contributed by atoms with Gasteiger partial charge in [0, 0.05) is 18.3 Å². The fourth-order valence-corrected chi connectivity index (χ4v) is 2.15. The quantitative estimate of drug-likeness (QED) is 0.860. The van der Waals surface area contributed by atoms with Crippen molar-refractivity contribution in [1.29, 1.82) is 0 Å². The third-order valence-electron chi connectivity index (χ3n) is 3.39. The van der Waals surface area contributed by atoms with E-state index in [0.29, 0.717) is 0 Å². The molecule has 19 heavy (non-hydrogen) atoms. The number of hydrogen-bond donors (Lipinski definition) is 1. The van der Waals surface area contributed by atoms with Gasteiger partial charge < -0.3 is 10.1 Å².